The highest BCUT2D eigenvalue weighted by Gasteiger charge is 2.07. The third kappa shape index (κ3) is 3.29. The molecule has 4 heteroatoms. The number of para-hydroxylation sites is 1. The summed E-state index contributed by atoms with van der Waals surface area (Å²) >= 11 is 0. The number of aromatic nitrogens is 2. The predicted molar refractivity (Wildman–Crippen MR) is 76.5 cm³/mol. The van der Waals surface area contributed by atoms with Crippen LogP contribution in [0.2, 0.25) is 0 Å². The number of hydrogen-bond donors (Lipinski definition) is 1. The Labute approximate surface area is 113 Å². The summed E-state index contributed by atoms with van der Waals surface area (Å²) in [7, 11) is 0. The smallest absolute Gasteiger partial charge is 0.204 e. The summed E-state index contributed by atoms with van der Waals surface area (Å²) in [5.41, 5.74) is 2.33. The minimum Gasteiger partial charge on any atom is -0.309 e. The maximum Gasteiger partial charge on any atom is 0.204 e. The Hall–Kier alpha value is -1.94. The minimum atomic E-state index is -0.0159. The number of rotatable bonds is 4. The summed E-state index contributed by atoms with van der Waals surface area (Å²) in [6, 6.07) is 11.8. The first-order valence-corrected chi connectivity index (χ1v) is 6.46. The first kappa shape index (κ1) is 13.5. The van der Waals surface area contributed by atoms with E-state index in [0.29, 0.717) is 18.3 Å². The Morgan fingerprint density at radius 1 is 1.26 bits per heavy atom. The van der Waals surface area contributed by atoms with Crippen molar-refractivity contribution in [3.8, 4) is 5.69 Å². The number of nitrogens with one attached hydrogen (secondary N) is 1. The fraction of sp³-hybridized carbons (Fsp3) is 0.333. The molecule has 1 N–H and O–H groups in total. The van der Waals surface area contributed by atoms with E-state index in [1.165, 1.54) is 0 Å². The van der Waals surface area contributed by atoms with Crippen LogP contribution in [-0.2, 0) is 6.54 Å². The number of benzene rings is 1. The lowest BCUT2D eigenvalue weighted by molar-refractivity contribution is 0.568. The van der Waals surface area contributed by atoms with Gasteiger partial charge in [0.25, 0.3) is 0 Å². The molecule has 1 aromatic carbocycles. The lowest BCUT2D eigenvalue weighted by atomic mass is 10.2. The Bertz CT molecular complexity index is 603. The molecule has 0 amide bonds. The monoisotopic (exact) mass is 257 g/mol. The molecule has 1 aromatic heterocycles. The van der Waals surface area contributed by atoms with Crippen molar-refractivity contribution in [1.82, 2.24) is 15.1 Å². The Morgan fingerprint density at radius 3 is 2.58 bits per heavy atom. The zero-order chi connectivity index (χ0) is 13.8. The number of nitrogens with zero attached hydrogens (tertiary/aromatic N) is 2. The highest BCUT2D eigenvalue weighted by Crippen LogP contribution is 2.07. The topological polar surface area (TPSA) is 46.9 Å². The quantitative estimate of drug-likeness (QED) is 0.911. The average Bonchev–Trinajstić information content (AvgIpc) is 2.38. The highest BCUT2D eigenvalue weighted by atomic mass is 16.1. The standard InChI is InChI=1S/C15H19N3O/c1-11(2)16-10-14-15(19)9-12(3)18(17-14)13-7-5-4-6-8-13/h4-9,11,16H,10H2,1-3H3. The van der Waals surface area contributed by atoms with Crippen LogP contribution in [0.15, 0.2) is 41.2 Å². The summed E-state index contributed by atoms with van der Waals surface area (Å²) < 4.78 is 1.80. The van der Waals surface area contributed by atoms with Crippen molar-refractivity contribution in [3.05, 3.63) is 58.0 Å². The summed E-state index contributed by atoms with van der Waals surface area (Å²) in [5, 5.41) is 7.68. The summed E-state index contributed by atoms with van der Waals surface area (Å²) in [4.78, 5) is 11.9. The van der Waals surface area contributed by atoms with Gasteiger partial charge in [0.05, 0.1) is 5.69 Å². The fourth-order valence-corrected chi connectivity index (χ4v) is 1.84. The molecule has 2 rings (SSSR count). The van der Waals surface area contributed by atoms with Gasteiger partial charge in [-0.25, -0.2) is 4.68 Å². The number of aryl methyl sites for hydroxylation is 1. The van der Waals surface area contributed by atoms with Crippen LogP contribution in [0.4, 0.5) is 0 Å². The molecule has 1 heterocycles. The van der Waals surface area contributed by atoms with Gasteiger partial charge in [-0.15, -0.1) is 0 Å². The van der Waals surface area contributed by atoms with Gasteiger partial charge in [0, 0.05) is 24.3 Å². The molecule has 0 bridgehead atoms. The van der Waals surface area contributed by atoms with E-state index in [-0.39, 0.29) is 5.43 Å². The van der Waals surface area contributed by atoms with Crippen molar-refractivity contribution in [1.29, 1.82) is 0 Å². The molecule has 0 fully saturated rings. The normalized spacial score (nSPS) is 10.9. The molecule has 0 aliphatic heterocycles. The molecule has 0 aliphatic carbocycles. The van der Waals surface area contributed by atoms with Gasteiger partial charge in [-0.3, -0.25) is 4.79 Å². The Kier molecular flexibility index (Phi) is 4.12. The molecule has 0 saturated heterocycles. The first-order valence-electron chi connectivity index (χ1n) is 6.46. The summed E-state index contributed by atoms with van der Waals surface area (Å²) in [5.74, 6) is 0. The van der Waals surface area contributed by atoms with E-state index < -0.39 is 0 Å². The lowest BCUT2D eigenvalue weighted by Gasteiger charge is -2.12. The van der Waals surface area contributed by atoms with Gasteiger partial charge in [0.1, 0.15) is 5.69 Å². The van der Waals surface area contributed by atoms with Crippen LogP contribution in [0.3, 0.4) is 0 Å². The van der Waals surface area contributed by atoms with Crippen LogP contribution in [0.5, 0.6) is 0 Å². The van der Waals surface area contributed by atoms with E-state index in [0.717, 1.165) is 11.4 Å². The first-order chi connectivity index (χ1) is 9.08. The highest BCUT2D eigenvalue weighted by molar-refractivity contribution is 5.32. The maximum absolute atomic E-state index is 11.9. The molecule has 0 atom stereocenters. The zero-order valence-electron chi connectivity index (χ0n) is 11.6. The van der Waals surface area contributed by atoms with Gasteiger partial charge in [-0.1, -0.05) is 32.0 Å². The lowest BCUT2D eigenvalue weighted by Crippen LogP contribution is -2.28. The van der Waals surface area contributed by atoms with Gasteiger partial charge >= 0.3 is 0 Å². The van der Waals surface area contributed by atoms with Gasteiger partial charge in [0.2, 0.25) is 5.43 Å². The third-order valence-electron chi connectivity index (χ3n) is 2.86. The van der Waals surface area contributed by atoms with Gasteiger partial charge in [0.15, 0.2) is 0 Å². The van der Waals surface area contributed by atoms with Crippen LogP contribution in [0.25, 0.3) is 5.69 Å². The largest absolute Gasteiger partial charge is 0.309 e. The van der Waals surface area contributed by atoms with Crippen molar-refractivity contribution < 1.29 is 0 Å². The second-order valence-corrected chi connectivity index (χ2v) is 4.88. The van der Waals surface area contributed by atoms with E-state index >= 15 is 0 Å². The predicted octanol–water partition coefficient (Wildman–Crippen LogP) is 2.04. The fourth-order valence-electron chi connectivity index (χ4n) is 1.84. The zero-order valence-corrected chi connectivity index (χ0v) is 11.6. The second-order valence-electron chi connectivity index (χ2n) is 4.88. The number of hydrogen-bond acceptors (Lipinski definition) is 3. The van der Waals surface area contributed by atoms with E-state index in [1.807, 2.05) is 51.1 Å². The van der Waals surface area contributed by atoms with Crippen molar-refractivity contribution in [3.63, 3.8) is 0 Å². The van der Waals surface area contributed by atoms with E-state index in [9.17, 15) is 4.79 Å². The molecule has 2 aromatic rings. The van der Waals surface area contributed by atoms with Gasteiger partial charge < -0.3 is 5.32 Å². The maximum atomic E-state index is 11.9. The van der Waals surface area contributed by atoms with Crippen LogP contribution >= 0.6 is 0 Å². The Morgan fingerprint density at radius 2 is 1.95 bits per heavy atom. The molecule has 100 valence electrons. The molecule has 0 saturated carbocycles. The van der Waals surface area contributed by atoms with E-state index in [4.69, 9.17) is 0 Å². The summed E-state index contributed by atoms with van der Waals surface area (Å²) in [6.07, 6.45) is 0. The van der Waals surface area contributed by atoms with Crippen molar-refractivity contribution >= 4 is 0 Å². The average molecular weight is 257 g/mol. The SMILES string of the molecule is Cc1cc(=O)c(CNC(C)C)nn1-c1ccccc1. The van der Waals surface area contributed by atoms with Crippen LogP contribution < -0.4 is 10.7 Å². The van der Waals surface area contributed by atoms with Gasteiger partial charge in [-0.05, 0) is 19.1 Å². The van der Waals surface area contributed by atoms with Crippen molar-refractivity contribution in [2.75, 3.05) is 0 Å². The second kappa shape index (κ2) is 5.80. The minimum absolute atomic E-state index is 0.0159. The molecule has 0 radical (unpaired) electrons. The van der Waals surface area contributed by atoms with Crippen LogP contribution in [0, 0.1) is 6.92 Å². The molecular weight excluding hydrogens is 238 g/mol. The van der Waals surface area contributed by atoms with Crippen molar-refractivity contribution in [2.45, 2.75) is 33.4 Å². The summed E-state index contributed by atoms with van der Waals surface area (Å²) in [6.45, 7) is 6.47. The molecule has 4 nitrogen and oxygen atoms in total. The Balaban J connectivity index is 2.40. The molecule has 0 aliphatic rings. The third-order valence-corrected chi connectivity index (χ3v) is 2.86. The van der Waals surface area contributed by atoms with Crippen LogP contribution in [0.1, 0.15) is 25.2 Å². The molecule has 19 heavy (non-hydrogen) atoms. The van der Waals surface area contributed by atoms with E-state index in [2.05, 4.69) is 10.4 Å². The van der Waals surface area contributed by atoms with Gasteiger partial charge in [-0.2, -0.15) is 5.10 Å². The molecule has 0 spiro atoms. The van der Waals surface area contributed by atoms with Crippen molar-refractivity contribution in [2.24, 2.45) is 0 Å². The molecular formula is C15H19N3O. The molecule has 0 unspecified atom stereocenters. The van der Waals surface area contributed by atoms with E-state index in [1.54, 1.807) is 10.7 Å². The van der Waals surface area contributed by atoms with Crippen LogP contribution in [-0.4, -0.2) is 15.8 Å².